The van der Waals surface area contributed by atoms with Crippen molar-refractivity contribution in [3.8, 4) is 5.75 Å². The second kappa shape index (κ2) is 5.62. The van der Waals surface area contributed by atoms with Gasteiger partial charge in [-0.1, -0.05) is 18.2 Å². The number of hydrogen-bond acceptors (Lipinski definition) is 3. The summed E-state index contributed by atoms with van der Waals surface area (Å²) >= 11 is 0. The molecule has 3 aliphatic rings. The molecule has 3 heteroatoms. The van der Waals surface area contributed by atoms with Crippen LogP contribution in [-0.4, -0.2) is 43.2 Å². The fraction of sp³-hybridized carbons (Fsp3) is 0.667. The van der Waals surface area contributed by atoms with E-state index in [1.165, 1.54) is 31.5 Å². The topological polar surface area (TPSA) is 24.5 Å². The highest BCUT2D eigenvalue weighted by molar-refractivity contribution is 5.38. The van der Waals surface area contributed by atoms with Crippen molar-refractivity contribution in [1.82, 2.24) is 10.2 Å². The highest BCUT2D eigenvalue weighted by Crippen LogP contribution is 2.37. The van der Waals surface area contributed by atoms with Gasteiger partial charge in [0.25, 0.3) is 0 Å². The summed E-state index contributed by atoms with van der Waals surface area (Å²) in [5, 5.41) is 3.75. The highest BCUT2D eigenvalue weighted by Gasteiger charge is 2.37. The fourth-order valence-electron chi connectivity index (χ4n) is 3.91. The molecule has 0 bridgehead atoms. The normalized spacial score (nSPS) is 33.3. The van der Waals surface area contributed by atoms with Crippen molar-refractivity contribution in [2.75, 3.05) is 26.2 Å². The third kappa shape index (κ3) is 2.82. The van der Waals surface area contributed by atoms with Gasteiger partial charge >= 0.3 is 0 Å². The van der Waals surface area contributed by atoms with Gasteiger partial charge in [-0.15, -0.1) is 0 Å². The largest absolute Gasteiger partial charge is 0.493 e. The van der Waals surface area contributed by atoms with Crippen LogP contribution in [0.4, 0.5) is 0 Å². The number of fused-ring (bicyclic) bond motifs is 1. The zero-order valence-electron chi connectivity index (χ0n) is 12.9. The lowest BCUT2D eigenvalue weighted by Gasteiger charge is -2.41. The van der Waals surface area contributed by atoms with E-state index in [2.05, 4.69) is 41.4 Å². The van der Waals surface area contributed by atoms with Gasteiger partial charge in [0.2, 0.25) is 0 Å². The number of hydrogen-bond donors (Lipinski definition) is 1. The number of benzene rings is 1. The van der Waals surface area contributed by atoms with E-state index in [0.29, 0.717) is 12.0 Å². The third-order valence-electron chi connectivity index (χ3n) is 5.46. The second-order valence-corrected chi connectivity index (χ2v) is 7.03. The number of rotatable bonds is 3. The van der Waals surface area contributed by atoms with Gasteiger partial charge in [0.15, 0.2) is 0 Å². The molecule has 3 nitrogen and oxygen atoms in total. The lowest BCUT2D eigenvalue weighted by Crippen LogP contribution is -2.57. The van der Waals surface area contributed by atoms with Gasteiger partial charge < -0.3 is 10.1 Å². The number of nitrogens with zero attached hydrogens (tertiary/aromatic N) is 1. The fourth-order valence-corrected chi connectivity index (χ4v) is 3.91. The number of para-hydroxylation sites is 1. The predicted octanol–water partition coefficient (Wildman–Crippen LogP) is 2.63. The molecule has 1 saturated heterocycles. The Kier molecular flexibility index (Phi) is 3.64. The first-order valence-corrected chi connectivity index (χ1v) is 8.50. The molecule has 4 rings (SSSR count). The van der Waals surface area contributed by atoms with Gasteiger partial charge in [0.05, 0.1) is 6.61 Å². The SMILES string of the molecule is CC1CNC(C2CC2)CN1CC1CCOc2ccccc21. The Morgan fingerprint density at radius 2 is 2.10 bits per heavy atom. The van der Waals surface area contributed by atoms with Gasteiger partial charge in [-0.3, -0.25) is 4.90 Å². The molecule has 2 fully saturated rings. The van der Waals surface area contributed by atoms with E-state index in [1.807, 2.05) is 0 Å². The molecule has 0 spiro atoms. The maximum atomic E-state index is 5.81. The van der Waals surface area contributed by atoms with Crippen molar-refractivity contribution in [1.29, 1.82) is 0 Å². The first-order chi connectivity index (χ1) is 10.3. The summed E-state index contributed by atoms with van der Waals surface area (Å²) < 4.78 is 5.81. The van der Waals surface area contributed by atoms with Gasteiger partial charge in [0, 0.05) is 37.6 Å². The van der Waals surface area contributed by atoms with Crippen molar-refractivity contribution < 1.29 is 4.74 Å². The van der Waals surface area contributed by atoms with Crippen LogP contribution in [0, 0.1) is 5.92 Å². The van der Waals surface area contributed by atoms with E-state index in [0.717, 1.165) is 37.3 Å². The van der Waals surface area contributed by atoms with Crippen LogP contribution in [0.25, 0.3) is 0 Å². The van der Waals surface area contributed by atoms with Crippen LogP contribution < -0.4 is 10.1 Å². The lowest BCUT2D eigenvalue weighted by molar-refractivity contribution is 0.116. The molecular weight excluding hydrogens is 260 g/mol. The molecule has 1 N–H and O–H groups in total. The van der Waals surface area contributed by atoms with E-state index < -0.39 is 0 Å². The van der Waals surface area contributed by atoms with E-state index in [1.54, 1.807) is 0 Å². The Morgan fingerprint density at radius 3 is 2.95 bits per heavy atom. The monoisotopic (exact) mass is 286 g/mol. The van der Waals surface area contributed by atoms with E-state index in [4.69, 9.17) is 4.74 Å². The number of piperazine rings is 1. The van der Waals surface area contributed by atoms with E-state index >= 15 is 0 Å². The van der Waals surface area contributed by atoms with Gasteiger partial charge in [-0.2, -0.15) is 0 Å². The molecule has 2 heterocycles. The molecular formula is C18H26N2O. The molecule has 1 saturated carbocycles. The minimum Gasteiger partial charge on any atom is -0.493 e. The van der Waals surface area contributed by atoms with Crippen LogP contribution in [0.1, 0.15) is 37.7 Å². The number of nitrogens with one attached hydrogen (secondary N) is 1. The first-order valence-electron chi connectivity index (χ1n) is 8.50. The quantitative estimate of drug-likeness (QED) is 0.924. The Balaban J connectivity index is 1.47. The Morgan fingerprint density at radius 1 is 1.24 bits per heavy atom. The molecule has 1 aromatic rings. The minimum absolute atomic E-state index is 0.635. The van der Waals surface area contributed by atoms with Crippen LogP contribution in [-0.2, 0) is 0 Å². The van der Waals surface area contributed by atoms with Crippen LogP contribution >= 0.6 is 0 Å². The lowest BCUT2D eigenvalue weighted by atomic mass is 9.91. The summed E-state index contributed by atoms with van der Waals surface area (Å²) in [5.41, 5.74) is 1.41. The maximum Gasteiger partial charge on any atom is 0.122 e. The minimum atomic E-state index is 0.635. The van der Waals surface area contributed by atoms with Crippen LogP contribution in [0.3, 0.4) is 0 Å². The van der Waals surface area contributed by atoms with Gasteiger partial charge in [0.1, 0.15) is 5.75 Å². The standard InChI is InChI=1S/C18H26N2O/c1-13-10-19-17(14-6-7-14)12-20(13)11-15-8-9-21-18-5-3-2-4-16(15)18/h2-5,13-15,17,19H,6-12H2,1H3. The van der Waals surface area contributed by atoms with Crippen LogP contribution in [0.5, 0.6) is 5.75 Å². The van der Waals surface area contributed by atoms with Gasteiger partial charge in [-0.05, 0) is 43.7 Å². The third-order valence-corrected chi connectivity index (χ3v) is 5.46. The highest BCUT2D eigenvalue weighted by atomic mass is 16.5. The average Bonchev–Trinajstić information content (AvgIpc) is 3.35. The summed E-state index contributed by atoms with van der Waals surface area (Å²) in [4.78, 5) is 2.71. The Labute approximate surface area is 127 Å². The summed E-state index contributed by atoms with van der Waals surface area (Å²) in [6.07, 6.45) is 4.02. The van der Waals surface area contributed by atoms with E-state index in [-0.39, 0.29) is 0 Å². The maximum absolute atomic E-state index is 5.81. The molecule has 0 aromatic heterocycles. The molecule has 0 radical (unpaired) electrons. The second-order valence-electron chi connectivity index (χ2n) is 7.03. The van der Waals surface area contributed by atoms with E-state index in [9.17, 15) is 0 Å². The Hall–Kier alpha value is -1.06. The van der Waals surface area contributed by atoms with Crippen molar-refractivity contribution in [2.24, 2.45) is 5.92 Å². The van der Waals surface area contributed by atoms with Crippen LogP contribution in [0.15, 0.2) is 24.3 Å². The average molecular weight is 286 g/mol. The van der Waals surface area contributed by atoms with Crippen molar-refractivity contribution in [3.05, 3.63) is 29.8 Å². The summed E-state index contributed by atoms with van der Waals surface area (Å²) in [6.45, 7) is 6.79. The predicted molar refractivity (Wildman–Crippen MR) is 84.8 cm³/mol. The smallest absolute Gasteiger partial charge is 0.122 e. The van der Waals surface area contributed by atoms with Crippen molar-refractivity contribution >= 4 is 0 Å². The van der Waals surface area contributed by atoms with Gasteiger partial charge in [-0.25, -0.2) is 0 Å². The molecule has 3 unspecified atom stereocenters. The molecule has 114 valence electrons. The molecule has 21 heavy (non-hydrogen) atoms. The Bertz CT molecular complexity index is 500. The summed E-state index contributed by atoms with van der Waals surface area (Å²) in [6, 6.07) is 9.98. The van der Waals surface area contributed by atoms with Crippen LogP contribution in [0.2, 0.25) is 0 Å². The number of ether oxygens (including phenoxy) is 1. The molecule has 1 aliphatic carbocycles. The zero-order valence-corrected chi connectivity index (χ0v) is 12.9. The molecule has 3 atom stereocenters. The van der Waals surface area contributed by atoms with Crippen molar-refractivity contribution in [3.63, 3.8) is 0 Å². The molecule has 1 aromatic carbocycles. The zero-order chi connectivity index (χ0) is 14.2. The summed E-state index contributed by atoms with van der Waals surface area (Å²) in [5.74, 6) is 2.69. The van der Waals surface area contributed by atoms with Crippen molar-refractivity contribution in [2.45, 2.75) is 44.2 Å². The first kappa shape index (κ1) is 13.6. The molecule has 2 aliphatic heterocycles. The molecule has 0 amide bonds. The summed E-state index contributed by atoms with van der Waals surface area (Å²) in [7, 11) is 0.